The summed E-state index contributed by atoms with van der Waals surface area (Å²) in [5.41, 5.74) is 15.3. The van der Waals surface area contributed by atoms with E-state index in [2.05, 4.69) is 18.7 Å². The molecule has 2 rings (SSSR count). The number of hydrogen-bond acceptors (Lipinski definition) is 7. The van der Waals surface area contributed by atoms with Gasteiger partial charge in [0, 0.05) is 6.04 Å². The molecular formula is C23H41N3O4S2. The molecule has 0 spiro atoms. The van der Waals surface area contributed by atoms with Crippen molar-refractivity contribution < 1.29 is 16.8 Å². The largest absolute Gasteiger partial charge is 0.311 e. The molecular weight excluding hydrogens is 446 g/mol. The molecule has 0 unspecified atom stereocenters. The molecule has 184 valence electrons. The maximum Gasteiger partial charge on any atom is 0.170 e. The Morgan fingerprint density at radius 1 is 0.781 bits per heavy atom. The van der Waals surface area contributed by atoms with Crippen LogP contribution >= 0.6 is 0 Å². The zero-order valence-electron chi connectivity index (χ0n) is 20.0. The van der Waals surface area contributed by atoms with Gasteiger partial charge in [-0.25, -0.2) is 16.8 Å². The van der Waals surface area contributed by atoms with E-state index in [1.807, 2.05) is 12.1 Å². The molecule has 1 aliphatic carbocycles. The van der Waals surface area contributed by atoms with Crippen molar-refractivity contribution >= 4 is 19.7 Å². The summed E-state index contributed by atoms with van der Waals surface area (Å²) < 4.78 is 51.2. The highest BCUT2D eigenvalue weighted by atomic mass is 32.2. The summed E-state index contributed by atoms with van der Waals surface area (Å²) in [5.74, 6) is -0.101. The van der Waals surface area contributed by atoms with Crippen LogP contribution in [0.15, 0.2) is 12.1 Å². The SMILES string of the molecule is CCCN(CCC)C1Cc2cc([C@@H](N)S(=O)(=O)CCC)c([C@@H](N)S(=O)(=O)CCC)cc2C1. The van der Waals surface area contributed by atoms with E-state index in [-0.39, 0.29) is 11.5 Å². The molecule has 0 radical (unpaired) electrons. The van der Waals surface area contributed by atoms with E-state index < -0.39 is 30.4 Å². The lowest BCUT2D eigenvalue weighted by Gasteiger charge is -2.27. The van der Waals surface area contributed by atoms with Gasteiger partial charge < -0.3 is 11.5 Å². The normalized spacial score (nSPS) is 17.0. The quantitative estimate of drug-likeness (QED) is 0.438. The second kappa shape index (κ2) is 11.4. The Hall–Kier alpha value is -1.00. The third kappa shape index (κ3) is 6.11. The summed E-state index contributed by atoms with van der Waals surface area (Å²) in [4.78, 5) is 2.47. The minimum Gasteiger partial charge on any atom is -0.311 e. The van der Waals surface area contributed by atoms with Crippen LogP contribution in [0.4, 0.5) is 0 Å². The molecule has 0 bridgehead atoms. The molecule has 9 heteroatoms. The van der Waals surface area contributed by atoms with E-state index in [1.54, 1.807) is 13.8 Å². The zero-order valence-corrected chi connectivity index (χ0v) is 21.6. The molecule has 2 atom stereocenters. The first-order valence-corrected chi connectivity index (χ1v) is 15.3. The molecule has 0 amide bonds. The number of rotatable bonds is 13. The van der Waals surface area contributed by atoms with Crippen molar-refractivity contribution in [1.29, 1.82) is 0 Å². The highest BCUT2D eigenvalue weighted by molar-refractivity contribution is 7.92. The van der Waals surface area contributed by atoms with Gasteiger partial charge in [0.2, 0.25) is 0 Å². The van der Waals surface area contributed by atoms with E-state index in [1.165, 1.54) is 0 Å². The summed E-state index contributed by atoms with van der Waals surface area (Å²) in [6, 6.07) is 3.96. The fraction of sp³-hybridized carbons (Fsp3) is 0.739. The zero-order chi connectivity index (χ0) is 24.1. The van der Waals surface area contributed by atoms with Gasteiger partial charge in [-0.1, -0.05) is 39.8 Å². The second-order valence-electron chi connectivity index (χ2n) is 8.92. The van der Waals surface area contributed by atoms with Crippen molar-refractivity contribution in [3.63, 3.8) is 0 Å². The summed E-state index contributed by atoms with van der Waals surface area (Å²) in [6.45, 7) is 9.90. The smallest absolute Gasteiger partial charge is 0.170 e. The maximum absolute atomic E-state index is 12.8. The Morgan fingerprint density at radius 3 is 1.47 bits per heavy atom. The lowest BCUT2D eigenvalue weighted by Crippen LogP contribution is -2.37. The van der Waals surface area contributed by atoms with Gasteiger partial charge in [0.25, 0.3) is 0 Å². The van der Waals surface area contributed by atoms with E-state index in [4.69, 9.17) is 11.5 Å². The van der Waals surface area contributed by atoms with E-state index >= 15 is 0 Å². The fourth-order valence-electron chi connectivity index (χ4n) is 4.70. The molecule has 4 N–H and O–H groups in total. The molecule has 0 heterocycles. The minimum atomic E-state index is -3.62. The Labute approximate surface area is 194 Å². The molecule has 0 aromatic heterocycles. The molecule has 0 saturated heterocycles. The third-order valence-corrected chi connectivity index (χ3v) is 10.2. The van der Waals surface area contributed by atoms with E-state index in [9.17, 15) is 16.8 Å². The predicted octanol–water partition coefficient (Wildman–Crippen LogP) is 2.84. The maximum atomic E-state index is 12.8. The first-order valence-electron chi connectivity index (χ1n) is 11.9. The van der Waals surface area contributed by atoms with Gasteiger partial charge in [0.15, 0.2) is 19.7 Å². The van der Waals surface area contributed by atoms with Crippen molar-refractivity contribution in [2.45, 2.75) is 83.0 Å². The molecule has 0 saturated carbocycles. The minimum absolute atomic E-state index is 0.0506. The van der Waals surface area contributed by atoms with Crippen LogP contribution in [0.5, 0.6) is 0 Å². The molecule has 1 aromatic rings. The van der Waals surface area contributed by atoms with Crippen molar-refractivity contribution in [2.75, 3.05) is 24.6 Å². The van der Waals surface area contributed by atoms with Crippen LogP contribution in [-0.2, 0) is 32.5 Å². The Morgan fingerprint density at radius 2 is 1.16 bits per heavy atom. The van der Waals surface area contributed by atoms with Crippen molar-refractivity contribution in [2.24, 2.45) is 11.5 Å². The summed E-state index contributed by atoms with van der Waals surface area (Å²) in [5, 5.41) is -2.57. The molecule has 1 aromatic carbocycles. The van der Waals surface area contributed by atoms with E-state index in [0.29, 0.717) is 30.0 Å². The number of nitrogens with two attached hydrogens (primary N) is 2. The first-order chi connectivity index (χ1) is 15.0. The fourth-order valence-corrected chi connectivity index (χ4v) is 7.53. The van der Waals surface area contributed by atoms with Crippen LogP contribution < -0.4 is 11.5 Å². The number of nitrogens with zero attached hydrogens (tertiary/aromatic N) is 1. The molecule has 32 heavy (non-hydrogen) atoms. The van der Waals surface area contributed by atoms with Crippen molar-refractivity contribution in [1.82, 2.24) is 4.90 Å². The predicted molar refractivity (Wildman–Crippen MR) is 132 cm³/mol. The van der Waals surface area contributed by atoms with Gasteiger partial charge >= 0.3 is 0 Å². The van der Waals surface area contributed by atoms with Gasteiger partial charge in [-0.2, -0.15) is 0 Å². The second-order valence-corrected chi connectivity index (χ2v) is 13.4. The molecule has 0 aliphatic heterocycles. The van der Waals surface area contributed by atoms with Crippen LogP contribution in [0.2, 0.25) is 0 Å². The number of benzene rings is 1. The standard InChI is InChI=1S/C23H41N3O4S2/c1-5-9-26(10-6-2)19-13-17-15-20(22(24)31(27,28)11-7-3)21(16-18(17)14-19)23(25)32(29,30)12-8-4/h15-16,19,22-23H,5-14,24-25H2,1-4H3/t22-,23-/m0/s1. The van der Waals surface area contributed by atoms with E-state index in [0.717, 1.165) is 49.9 Å². The topological polar surface area (TPSA) is 124 Å². The lowest BCUT2D eigenvalue weighted by atomic mass is 9.99. The van der Waals surface area contributed by atoms with Gasteiger partial charge in [0.1, 0.15) is 10.7 Å². The summed E-state index contributed by atoms with van der Waals surface area (Å²) in [6.07, 6.45) is 4.62. The van der Waals surface area contributed by atoms with Crippen LogP contribution in [0.25, 0.3) is 0 Å². The van der Waals surface area contributed by atoms with Gasteiger partial charge in [-0.15, -0.1) is 0 Å². The average molecular weight is 488 g/mol. The van der Waals surface area contributed by atoms with Crippen molar-refractivity contribution in [3.8, 4) is 0 Å². The Balaban J connectivity index is 2.56. The van der Waals surface area contributed by atoms with Crippen molar-refractivity contribution in [3.05, 3.63) is 34.4 Å². The van der Waals surface area contributed by atoms with Crippen LogP contribution in [0.3, 0.4) is 0 Å². The third-order valence-electron chi connectivity index (χ3n) is 6.22. The summed E-state index contributed by atoms with van der Waals surface area (Å²) in [7, 11) is -7.25. The van der Waals surface area contributed by atoms with Gasteiger partial charge in [-0.3, -0.25) is 4.90 Å². The van der Waals surface area contributed by atoms with Crippen LogP contribution in [0, 0.1) is 0 Å². The summed E-state index contributed by atoms with van der Waals surface area (Å²) >= 11 is 0. The molecule has 7 nitrogen and oxygen atoms in total. The monoisotopic (exact) mass is 487 g/mol. The Kier molecular flexibility index (Phi) is 9.72. The molecule has 1 aliphatic rings. The van der Waals surface area contributed by atoms with Gasteiger partial charge in [0.05, 0.1) is 11.5 Å². The number of hydrogen-bond donors (Lipinski definition) is 2. The van der Waals surface area contributed by atoms with Crippen LogP contribution in [-0.4, -0.2) is 52.4 Å². The first kappa shape index (κ1) is 27.2. The van der Waals surface area contributed by atoms with Gasteiger partial charge in [-0.05, 0) is 73.9 Å². The highest BCUT2D eigenvalue weighted by Crippen LogP contribution is 2.36. The Bertz CT molecular complexity index is 900. The average Bonchev–Trinajstić information content (AvgIpc) is 3.14. The van der Waals surface area contributed by atoms with Crippen LogP contribution in [0.1, 0.15) is 86.4 Å². The molecule has 0 fully saturated rings. The highest BCUT2D eigenvalue weighted by Gasteiger charge is 2.34. The number of sulfone groups is 2. The lowest BCUT2D eigenvalue weighted by molar-refractivity contribution is 0.202. The number of fused-ring (bicyclic) bond motifs is 1.